The molecule has 6 nitrogen and oxygen atoms in total. The zero-order valence-electron chi connectivity index (χ0n) is 9.95. The van der Waals surface area contributed by atoms with Crippen molar-refractivity contribution >= 4 is 22.5 Å². The molecule has 0 saturated heterocycles. The minimum Gasteiger partial charge on any atom is -0.506 e. The van der Waals surface area contributed by atoms with Gasteiger partial charge in [-0.2, -0.15) is 5.21 Å². The van der Waals surface area contributed by atoms with E-state index in [1.54, 1.807) is 23.9 Å². The number of phenolic OH excluding ortho intramolecular Hbond substituents is 1. The zero-order chi connectivity index (χ0) is 13.1. The van der Waals surface area contributed by atoms with E-state index >= 15 is 0 Å². The molecule has 7 heteroatoms. The Balaban J connectivity index is 1.90. The Morgan fingerprint density at radius 3 is 2.95 bits per heavy atom. The normalized spacial score (nSPS) is 16.9. The summed E-state index contributed by atoms with van der Waals surface area (Å²) >= 11 is 1.68. The van der Waals surface area contributed by atoms with Gasteiger partial charge in [0, 0.05) is 17.7 Å². The van der Waals surface area contributed by atoms with Crippen molar-refractivity contribution in [3.63, 3.8) is 0 Å². The van der Waals surface area contributed by atoms with E-state index in [1.165, 1.54) is 0 Å². The van der Waals surface area contributed by atoms with Crippen molar-refractivity contribution in [2.24, 2.45) is 4.99 Å². The largest absolute Gasteiger partial charge is 0.506 e. The maximum atomic E-state index is 10.0. The second kappa shape index (κ2) is 5.23. The van der Waals surface area contributed by atoms with E-state index in [9.17, 15) is 5.11 Å². The number of nitrogens with zero attached hydrogens (tertiary/aromatic N) is 4. The van der Waals surface area contributed by atoms with Crippen molar-refractivity contribution in [1.82, 2.24) is 20.6 Å². The lowest BCUT2D eigenvalue weighted by Crippen LogP contribution is -1.95. The third kappa shape index (κ3) is 2.65. The van der Waals surface area contributed by atoms with Gasteiger partial charge < -0.3 is 5.11 Å². The first-order chi connectivity index (χ1) is 9.33. The number of aromatic nitrogens is 4. The minimum absolute atomic E-state index is 0.116. The van der Waals surface area contributed by atoms with Crippen LogP contribution in [0.15, 0.2) is 35.3 Å². The Morgan fingerprint density at radius 1 is 1.32 bits per heavy atom. The maximum Gasteiger partial charge on any atom is 0.204 e. The highest BCUT2D eigenvalue weighted by atomic mass is 32.2. The lowest BCUT2D eigenvalue weighted by molar-refractivity contribution is 0.477. The summed E-state index contributed by atoms with van der Waals surface area (Å²) in [6, 6.07) is 5.16. The molecule has 19 heavy (non-hydrogen) atoms. The summed E-state index contributed by atoms with van der Waals surface area (Å²) in [5.41, 5.74) is 1.26. The van der Waals surface area contributed by atoms with Crippen LogP contribution < -0.4 is 0 Å². The first-order valence-electron chi connectivity index (χ1n) is 5.75. The molecule has 2 N–H and O–H groups in total. The van der Waals surface area contributed by atoms with Gasteiger partial charge in [-0.1, -0.05) is 12.2 Å². The van der Waals surface area contributed by atoms with Gasteiger partial charge in [-0.25, -0.2) is 4.99 Å². The second-order valence-electron chi connectivity index (χ2n) is 3.93. The molecule has 3 rings (SSSR count). The van der Waals surface area contributed by atoms with E-state index in [0.29, 0.717) is 17.1 Å². The molecule has 0 unspecified atom stereocenters. The molecule has 0 atom stereocenters. The minimum atomic E-state index is 0.116. The highest BCUT2D eigenvalue weighted by Crippen LogP contribution is 2.32. The van der Waals surface area contributed by atoms with Crippen LogP contribution in [0.3, 0.4) is 0 Å². The van der Waals surface area contributed by atoms with Gasteiger partial charge in [0.15, 0.2) is 0 Å². The number of hydrogen-bond acceptors (Lipinski definition) is 6. The number of hydrogen-bond donors (Lipinski definition) is 2. The van der Waals surface area contributed by atoms with Crippen LogP contribution >= 0.6 is 11.8 Å². The highest BCUT2D eigenvalue weighted by Gasteiger charge is 2.09. The van der Waals surface area contributed by atoms with Crippen LogP contribution in [0.25, 0.3) is 11.4 Å². The van der Waals surface area contributed by atoms with Gasteiger partial charge in [-0.15, -0.1) is 22.0 Å². The Labute approximate surface area is 113 Å². The number of H-pyrrole nitrogens is 1. The molecule has 1 aliphatic rings. The molecule has 1 aromatic heterocycles. The fourth-order valence-electron chi connectivity index (χ4n) is 1.71. The first kappa shape index (κ1) is 11.9. The van der Waals surface area contributed by atoms with Gasteiger partial charge in [0.2, 0.25) is 5.82 Å². The fraction of sp³-hybridized carbons (Fsp3) is 0.167. The Bertz CT molecular complexity index is 636. The van der Waals surface area contributed by atoms with Gasteiger partial charge >= 0.3 is 0 Å². The Kier molecular flexibility index (Phi) is 3.28. The molecule has 2 heterocycles. The van der Waals surface area contributed by atoms with Crippen LogP contribution in [0.4, 0.5) is 5.69 Å². The molecule has 0 fully saturated rings. The predicted octanol–water partition coefficient (Wildman–Crippen LogP) is 2.30. The van der Waals surface area contributed by atoms with Gasteiger partial charge in [0.1, 0.15) is 11.4 Å². The smallest absolute Gasteiger partial charge is 0.204 e. The third-order valence-electron chi connectivity index (χ3n) is 2.63. The van der Waals surface area contributed by atoms with Crippen LogP contribution in [0.2, 0.25) is 0 Å². The molecule has 0 spiro atoms. The molecule has 0 saturated carbocycles. The van der Waals surface area contributed by atoms with Crippen molar-refractivity contribution in [2.75, 3.05) is 5.75 Å². The SMILES string of the molecule is Oc1cc(-c2nn[nH]n2)ccc1N=C1CC=CCS1. The molecule has 0 aliphatic carbocycles. The number of rotatable bonds is 2. The molecule has 0 amide bonds. The molecule has 96 valence electrons. The van der Waals surface area contributed by atoms with Gasteiger partial charge in [0.05, 0.1) is 5.04 Å². The van der Waals surface area contributed by atoms with Crippen LogP contribution in [-0.4, -0.2) is 36.5 Å². The third-order valence-corrected chi connectivity index (χ3v) is 3.58. The number of phenols is 1. The molecular formula is C12H11N5OS. The van der Waals surface area contributed by atoms with Gasteiger partial charge in [0.25, 0.3) is 0 Å². The van der Waals surface area contributed by atoms with Crippen molar-refractivity contribution < 1.29 is 5.11 Å². The average Bonchev–Trinajstić information content (AvgIpc) is 2.96. The van der Waals surface area contributed by atoms with Crippen LogP contribution in [0.1, 0.15) is 6.42 Å². The van der Waals surface area contributed by atoms with E-state index in [2.05, 4.69) is 37.8 Å². The van der Waals surface area contributed by atoms with Crippen LogP contribution in [0, 0.1) is 0 Å². The molecule has 0 radical (unpaired) electrons. The maximum absolute atomic E-state index is 10.0. The van der Waals surface area contributed by atoms with E-state index < -0.39 is 0 Å². The number of tetrazole rings is 1. The van der Waals surface area contributed by atoms with E-state index in [0.717, 1.165) is 17.2 Å². The fourth-order valence-corrected chi connectivity index (χ4v) is 2.51. The summed E-state index contributed by atoms with van der Waals surface area (Å²) in [6.07, 6.45) is 5.01. The number of allylic oxidation sites excluding steroid dienone is 1. The number of aliphatic imine (C=N–C) groups is 1. The highest BCUT2D eigenvalue weighted by molar-refractivity contribution is 8.14. The quantitative estimate of drug-likeness (QED) is 0.820. The Hall–Kier alpha value is -2.15. The second-order valence-corrected chi connectivity index (χ2v) is 5.02. The van der Waals surface area contributed by atoms with Crippen LogP contribution in [-0.2, 0) is 0 Å². The lowest BCUT2D eigenvalue weighted by Gasteiger charge is -2.07. The van der Waals surface area contributed by atoms with Gasteiger partial charge in [-0.05, 0) is 23.4 Å². The van der Waals surface area contributed by atoms with Crippen molar-refractivity contribution in [3.05, 3.63) is 30.4 Å². The topological polar surface area (TPSA) is 87.0 Å². The number of thioether (sulfide) groups is 1. The summed E-state index contributed by atoms with van der Waals surface area (Å²) in [6.45, 7) is 0. The lowest BCUT2D eigenvalue weighted by atomic mass is 10.2. The monoisotopic (exact) mass is 273 g/mol. The summed E-state index contributed by atoms with van der Waals surface area (Å²) < 4.78 is 0. The van der Waals surface area contributed by atoms with E-state index in [-0.39, 0.29) is 5.75 Å². The number of aromatic hydroxyl groups is 1. The molecule has 1 aromatic carbocycles. The van der Waals surface area contributed by atoms with Crippen molar-refractivity contribution in [1.29, 1.82) is 0 Å². The summed E-state index contributed by atoms with van der Waals surface area (Å²) in [4.78, 5) is 4.45. The number of aromatic amines is 1. The van der Waals surface area contributed by atoms with Crippen LogP contribution in [0.5, 0.6) is 5.75 Å². The Morgan fingerprint density at radius 2 is 2.26 bits per heavy atom. The summed E-state index contributed by atoms with van der Waals surface area (Å²) in [5, 5.41) is 24.6. The van der Waals surface area contributed by atoms with Gasteiger partial charge in [-0.3, -0.25) is 0 Å². The zero-order valence-corrected chi connectivity index (χ0v) is 10.8. The van der Waals surface area contributed by atoms with Crippen molar-refractivity contribution in [2.45, 2.75) is 6.42 Å². The standard InChI is InChI=1S/C12H11N5OS/c18-10-7-8(12-14-16-17-15-12)4-5-9(10)13-11-3-1-2-6-19-11/h1-2,4-5,7,18H,3,6H2,(H,14,15,16,17). The van der Waals surface area contributed by atoms with E-state index in [4.69, 9.17) is 0 Å². The summed E-state index contributed by atoms with van der Waals surface area (Å²) in [5.74, 6) is 1.50. The first-order valence-corrected chi connectivity index (χ1v) is 6.74. The van der Waals surface area contributed by atoms with Crippen molar-refractivity contribution in [3.8, 4) is 17.1 Å². The molecule has 2 aromatic rings. The molecule has 0 bridgehead atoms. The summed E-state index contributed by atoms with van der Waals surface area (Å²) in [7, 11) is 0. The number of nitrogens with one attached hydrogen (secondary N) is 1. The average molecular weight is 273 g/mol. The number of benzene rings is 1. The molecular weight excluding hydrogens is 262 g/mol. The van der Waals surface area contributed by atoms with E-state index in [1.807, 2.05) is 6.07 Å². The molecule has 1 aliphatic heterocycles. The predicted molar refractivity (Wildman–Crippen MR) is 74.6 cm³/mol.